The molecule has 102 valence electrons. The highest BCUT2D eigenvalue weighted by molar-refractivity contribution is 5.11. The van der Waals surface area contributed by atoms with Gasteiger partial charge in [-0.25, -0.2) is 0 Å². The van der Waals surface area contributed by atoms with Crippen LogP contribution in [-0.2, 0) is 7.05 Å². The van der Waals surface area contributed by atoms with Crippen LogP contribution in [0.15, 0.2) is 12.4 Å². The molecule has 0 spiro atoms. The van der Waals surface area contributed by atoms with Crippen molar-refractivity contribution in [3.8, 4) is 0 Å². The van der Waals surface area contributed by atoms with E-state index in [9.17, 15) is 0 Å². The second-order valence-corrected chi connectivity index (χ2v) is 5.59. The lowest BCUT2D eigenvalue weighted by atomic mass is 9.83. The van der Waals surface area contributed by atoms with Crippen molar-refractivity contribution in [3.63, 3.8) is 0 Å². The molecule has 3 heteroatoms. The maximum absolute atomic E-state index is 4.33. The van der Waals surface area contributed by atoms with Crippen molar-refractivity contribution in [2.75, 3.05) is 6.54 Å². The predicted molar refractivity (Wildman–Crippen MR) is 75.4 cm³/mol. The summed E-state index contributed by atoms with van der Waals surface area (Å²) in [6.45, 7) is 3.24. The molecule has 1 atom stereocenters. The van der Waals surface area contributed by atoms with Crippen LogP contribution in [-0.4, -0.2) is 16.3 Å². The van der Waals surface area contributed by atoms with Crippen molar-refractivity contribution < 1.29 is 0 Å². The van der Waals surface area contributed by atoms with Crippen molar-refractivity contribution in [1.82, 2.24) is 15.1 Å². The minimum Gasteiger partial charge on any atom is -0.310 e. The van der Waals surface area contributed by atoms with Gasteiger partial charge >= 0.3 is 0 Å². The maximum Gasteiger partial charge on any atom is 0.0537 e. The van der Waals surface area contributed by atoms with E-state index < -0.39 is 0 Å². The Morgan fingerprint density at radius 3 is 2.50 bits per heavy atom. The fraction of sp³-hybridized carbons (Fsp3) is 0.800. The Kier molecular flexibility index (Phi) is 5.24. The summed E-state index contributed by atoms with van der Waals surface area (Å²) >= 11 is 0. The van der Waals surface area contributed by atoms with E-state index in [1.54, 1.807) is 0 Å². The molecular weight excluding hydrogens is 222 g/mol. The molecule has 1 unspecified atom stereocenters. The number of aryl methyl sites for hydroxylation is 1. The molecule has 0 radical (unpaired) electrons. The van der Waals surface area contributed by atoms with Crippen LogP contribution in [0, 0.1) is 5.92 Å². The highest BCUT2D eigenvalue weighted by atomic mass is 15.2. The molecule has 0 saturated heterocycles. The molecule has 0 aliphatic heterocycles. The van der Waals surface area contributed by atoms with Crippen LogP contribution in [0.1, 0.15) is 63.5 Å². The van der Waals surface area contributed by atoms with Crippen LogP contribution >= 0.6 is 0 Å². The lowest BCUT2D eigenvalue weighted by Crippen LogP contribution is -2.28. The van der Waals surface area contributed by atoms with Gasteiger partial charge in [0.05, 0.1) is 6.20 Å². The van der Waals surface area contributed by atoms with Crippen LogP contribution in [0.25, 0.3) is 0 Å². The molecule has 2 rings (SSSR count). The van der Waals surface area contributed by atoms with Gasteiger partial charge in [-0.15, -0.1) is 0 Å². The first-order valence-electron chi connectivity index (χ1n) is 7.53. The zero-order valence-corrected chi connectivity index (χ0v) is 11.9. The number of aromatic nitrogens is 2. The lowest BCUT2D eigenvalue weighted by Gasteiger charge is -2.28. The molecule has 1 N–H and O–H groups in total. The SMILES string of the molecule is CCNC(c1cnn(C)c1)C1CCCCCCC1. The molecule has 0 amide bonds. The number of nitrogens with zero attached hydrogens (tertiary/aromatic N) is 2. The summed E-state index contributed by atoms with van der Waals surface area (Å²) in [4.78, 5) is 0. The third-order valence-corrected chi connectivity index (χ3v) is 4.13. The molecule has 1 heterocycles. The normalized spacial score (nSPS) is 20.3. The predicted octanol–water partition coefficient (Wildman–Crippen LogP) is 3.43. The number of nitrogens with one attached hydrogen (secondary N) is 1. The smallest absolute Gasteiger partial charge is 0.0537 e. The van der Waals surface area contributed by atoms with Crippen molar-refractivity contribution >= 4 is 0 Å². The first-order chi connectivity index (χ1) is 8.81. The average molecular weight is 249 g/mol. The van der Waals surface area contributed by atoms with Crippen LogP contribution in [0.2, 0.25) is 0 Å². The van der Waals surface area contributed by atoms with E-state index in [-0.39, 0.29) is 0 Å². The second kappa shape index (κ2) is 6.93. The minimum absolute atomic E-state index is 0.502. The monoisotopic (exact) mass is 249 g/mol. The molecule has 1 aromatic heterocycles. The van der Waals surface area contributed by atoms with Gasteiger partial charge in [-0.2, -0.15) is 5.10 Å². The van der Waals surface area contributed by atoms with Gasteiger partial charge < -0.3 is 5.32 Å². The number of hydrogen-bond donors (Lipinski definition) is 1. The van der Waals surface area contributed by atoms with Gasteiger partial charge in [-0.3, -0.25) is 4.68 Å². The topological polar surface area (TPSA) is 29.9 Å². The van der Waals surface area contributed by atoms with Crippen LogP contribution in [0.5, 0.6) is 0 Å². The first kappa shape index (κ1) is 13.6. The molecule has 3 nitrogen and oxygen atoms in total. The molecule has 1 fully saturated rings. The molecule has 1 aromatic rings. The zero-order valence-electron chi connectivity index (χ0n) is 11.9. The Morgan fingerprint density at radius 1 is 1.28 bits per heavy atom. The molecule has 0 aromatic carbocycles. The van der Waals surface area contributed by atoms with Gasteiger partial charge in [0.25, 0.3) is 0 Å². The van der Waals surface area contributed by atoms with Gasteiger partial charge in [-0.05, 0) is 25.3 Å². The summed E-state index contributed by atoms with van der Waals surface area (Å²) in [7, 11) is 2.00. The van der Waals surface area contributed by atoms with Gasteiger partial charge in [0, 0.05) is 24.8 Å². The van der Waals surface area contributed by atoms with Crippen LogP contribution in [0.3, 0.4) is 0 Å². The molecule has 18 heavy (non-hydrogen) atoms. The third-order valence-electron chi connectivity index (χ3n) is 4.13. The Balaban J connectivity index is 2.07. The lowest BCUT2D eigenvalue weighted by molar-refractivity contribution is 0.291. The van der Waals surface area contributed by atoms with Crippen molar-refractivity contribution in [3.05, 3.63) is 18.0 Å². The maximum atomic E-state index is 4.33. The van der Waals surface area contributed by atoms with E-state index >= 15 is 0 Å². The Morgan fingerprint density at radius 2 is 1.94 bits per heavy atom. The number of hydrogen-bond acceptors (Lipinski definition) is 2. The van der Waals surface area contributed by atoms with E-state index in [0.717, 1.165) is 12.5 Å². The zero-order chi connectivity index (χ0) is 12.8. The van der Waals surface area contributed by atoms with E-state index in [4.69, 9.17) is 0 Å². The molecule has 1 aliphatic carbocycles. The van der Waals surface area contributed by atoms with Crippen LogP contribution in [0.4, 0.5) is 0 Å². The van der Waals surface area contributed by atoms with Crippen LogP contribution < -0.4 is 5.32 Å². The van der Waals surface area contributed by atoms with Crippen molar-refractivity contribution in [2.24, 2.45) is 13.0 Å². The average Bonchev–Trinajstić information content (AvgIpc) is 2.73. The quantitative estimate of drug-likeness (QED) is 0.886. The van der Waals surface area contributed by atoms with Gasteiger partial charge in [0.2, 0.25) is 0 Å². The second-order valence-electron chi connectivity index (χ2n) is 5.59. The van der Waals surface area contributed by atoms with Crippen molar-refractivity contribution in [1.29, 1.82) is 0 Å². The summed E-state index contributed by atoms with van der Waals surface area (Å²) in [5, 5.41) is 8.01. The Hall–Kier alpha value is -0.830. The highest BCUT2D eigenvalue weighted by Crippen LogP contribution is 2.32. The summed E-state index contributed by atoms with van der Waals surface area (Å²) in [5.74, 6) is 0.787. The van der Waals surface area contributed by atoms with E-state index in [2.05, 4.69) is 23.5 Å². The minimum atomic E-state index is 0.502. The standard InChI is InChI=1S/C15H27N3/c1-3-16-15(14-11-17-18(2)12-14)13-9-7-5-4-6-8-10-13/h11-13,15-16H,3-10H2,1-2H3. The highest BCUT2D eigenvalue weighted by Gasteiger charge is 2.23. The Bertz CT molecular complexity index is 337. The summed E-state index contributed by atoms with van der Waals surface area (Å²) in [6, 6.07) is 0.502. The molecule has 1 aliphatic rings. The van der Waals surface area contributed by atoms with Gasteiger partial charge in [0.1, 0.15) is 0 Å². The summed E-state index contributed by atoms with van der Waals surface area (Å²) < 4.78 is 1.92. The van der Waals surface area contributed by atoms with Crippen molar-refractivity contribution in [2.45, 2.75) is 57.9 Å². The molecule has 1 saturated carbocycles. The fourth-order valence-electron chi connectivity index (χ4n) is 3.20. The largest absolute Gasteiger partial charge is 0.310 e. The molecular formula is C15H27N3. The van der Waals surface area contributed by atoms with Gasteiger partial charge in [0.15, 0.2) is 0 Å². The molecule has 0 bridgehead atoms. The van der Waals surface area contributed by atoms with E-state index in [0.29, 0.717) is 6.04 Å². The number of rotatable bonds is 4. The summed E-state index contributed by atoms with van der Waals surface area (Å²) in [5.41, 5.74) is 1.37. The van der Waals surface area contributed by atoms with E-state index in [1.165, 1.54) is 50.5 Å². The van der Waals surface area contributed by atoms with E-state index in [1.807, 2.05) is 17.9 Å². The Labute approximate surface area is 111 Å². The summed E-state index contributed by atoms with van der Waals surface area (Å²) in [6.07, 6.45) is 14.0. The fourth-order valence-corrected chi connectivity index (χ4v) is 3.20. The third kappa shape index (κ3) is 3.58. The van der Waals surface area contributed by atoms with Gasteiger partial charge in [-0.1, -0.05) is 39.0 Å². The first-order valence-corrected chi connectivity index (χ1v) is 7.53.